The fourth-order valence-corrected chi connectivity index (χ4v) is 6.13. The van der Waals surface area contributed by atoms with Gasteiger partial charge in [0, 0.05) is 22.9 Å². The minimum Gasteiger partial charge on any atom is -0.349 e. The normalized spacial score (nSPS) is 14.8. The second-order valence-corrected chi connectivity index (χ2v) is 10.7. The van der Waals surface area contributed by atoms with E-state index in [2.05, 4.69) is 10.3 Å². The van der Waals surface area contributed by atoms with Gasteiger partial charge < -0.3 is 5.32 Å². The molecule has 6 rings (SSSR count). The van der Waals surface area contributed by atoms with Crippen LogP contribution in [0, 0.1) is 11.6 Å². The number of fused-ring (bicyclic) bond motifs is 1. The Morgan fingerprint density at radius 3 is 2.40 bits per heavy atom. The zero-order valence-electron chi connectivity index (χ0n) is 22.3. The highest BCUT2D eigenvalue weighted by molar-refractivity contribution is 8.00. The van der Waals surface area contributed by atoms with E-state index in [0.717, 1.165) is 5.56 Å². The summed E-state index contributed by atoms with van der Waals surface area (Å²) in [6.45, 7) is -0.113. The number of anilines is 1. The van der Waals surface area contributed by atoms with Crippen LogP contribution in [0.3, 0.4) is 0 Å². The van der Waals surface area contributed by atoms with Crippen molar-refractivity contribution in [3.63, 3.8) is 0 Å². The van der Waals surface area contributed by atoms with E-state index < -0.39 is 22.8 Å². The van der Waals surface area contributed by atoms with Crippen molar-refractivity contribution in [1.29, 1.82) is 0 Å². The summed E-state index contributed by atoms with van der Waals surface area (Å²) in [6, 6.07) is 27.0. The fourth-order valence-electron chi connectivity index (χ4n) is 4.92. The van der Waals surface area contributed by atoms with Crippen molar-refractivity contribution in [2.75, 3.05) is 17.2 Å². The smallest absolute Gasteiger partial charge is 0.240 e. The zero-order valence-corrected chi connectivity index (χ0v) is 23.1. The number of thioether (sulfide) groups is 1. The van der Waals surface area contributed by atoms with Gasteiger partial charge >= 0.3 is 0 Å². The Labute approximate surface area is 245 Å². The monoisotopic (exact) mass is 581 g/mol. The van der Waals surface area contributed by atoms with Gasteiger partial charge in [-0.15, -0.1) is 11.8 Å². The van der Waals surface area contributed by atoms with Crippen LogP contribution in [0.15, 0.2) is 103 Å². The van der Waals surface area contributed by atoms with Crippen molar-refractivity contribution in [1.82, 2.24) is 20.1 Å². The number of rotatable bonds is 7. The van der Waals surface area contributed by atoms with E-state index in [9.17, 15) is 14.0 Å². The third-order valence-electron chi connectivity index (χ3n) is 6.89. The summed E-state index contributed by atoms with van der Waals surface area (Å²) in [5.41, 5.74) is 3.43. The summed E-state index contributed by atoms with van der Waals surface area (Å²) in [5, 5.41) is 7.14. The van der Waals surface area contributed by atoms with Gasteiger partial charge in [-0.3, -0.25) is 19.5 Å². The third kappa shape index (κ3) is 5.53. The van der Waals surface area contributed by atoms with Gasteiger partial charge in [-0.25, -0.2) is 13.5 Å². The van der Waals surface area contributed by atoms with E-state index in [0.29, 0.717) is 34.0 Å². The molecule has 0 bridgehead atoms. The highest BCUT2D eigenvalue weighted by Gasteiger charge is 2.38. The molecule has 1 aliphatic rings. The first-order chi connectivity index (χ1) is 20.5. The minimum absolute atomic E-state index is 0.00114. The molecule has 3 aromatic carbocycles. The number of pyridine rings is 1. The lowest BCUT2D eigenvalue weighted by Crippen LogP contribution is -2.42. The van der Waals surface area contributed by atoms with Crippen LogP contribution in [-0.4, -0.2) is 38.9 Å². The van der Waals surface area contributed by atoms with E-state index >= 15 is 4.39 Å². The third-order valence-corrected chi connectivity index (χ3v) is 8.13. The summed E-state index contributed by atoms with van der Waals surface area (Å²) in [4.78, 5) is 32.6. The molecular formula is C32H25F2N5O2S. The Kier molecular flexibility index (Phi) is 7.78. The number of carbonyl (C=O) groups is 2. The molecule has 10 heteroatoms. The van der Waals surface area contributed by atoms with Gasteiger partial charge in [0.05, 0.1) is 34.6 Å². The quantitative estimate of drug-likeness (QED) is 0.267. The summed E-state index contributed by atoms with van der Waals surface area (Å²) < 4.78 is 30.8. The molecule has 2 amide bonds. The Morgan fingerprint density at radius 1 is 0.929 bits per heavy atom. The number of nitrogens with one attached hydrogen (secondary N) is 1. The molecule has 0 unspecified atom stereocenters. The van der Waals surface area contributed by atoms with E-state index in [1.807, 2.05) is 36.4 Å². The number of aromatic nitrogens is 3. The van der Waals surface area contributed by atoms with Gasteiger partial charge in [0.15, 0.2) is 0 Å². The summed E-state index contributed by atoms with van der Waals surface area (Å²) >= 11 is 1.28. The molecule has 1 atom stereocenters. The zero-order chi connectivity index (χ0) is 29.1. The molecule has 5 aromatic rings. The maximum Gasteiger partial charge on any atom is 0.240 e. The van der Waals surface area contributed by atoms with Gasteiger partial charge in [-0.2, -0.15) is 5.10 Å². The van der Waals surface area contributed by atoms with E-state index in [-0.39, 0.29) is 24.7 Å². The molecule has 1 N–H and O–H groups in total. The maximum absolute atomic E-state index is 15.3. The lowest BCUT2D eigenvalue weighted by atomic mass is 9.99. The summed E-state index contributed by atoms with van der Waals surface area (Å²) in [5.74, 6) is -1.25. The molecule has 42 heavy (non-hydrogen) atoms. The fraction of sp³-hybridized carbons (Fsp3) is 0.125. The van der Waals surface area contributed by atoms with Crippen LogP contribution in [0.25, 0.3) is 16.9 Å². The standard InChI is InChI=1S/C32H25F2N5O2S/c33-22-13-15-24(16-14-22)39-32-29(30(37-39)21-8-2-1-3-9-21)31(25-11-4-5-12-26(25)34)42-20-28(41)38(32)19-27(40)36-18-23-10-6-7-17-35-23/h1-17,31H,18-20H2,(H,36,40)/t31-/m0/s1. The van der Waals surface area contributed by atoms with Crippen molar-refractivity contribution < 1.29 is 18.4 Å². The van der Waals surface area contributed by atoms with Crippen molar-refractivity contribution in [2.24, 2.45) is 0 Å². The van der Waals surface area contributed by atoms with E-state index in [1.165, 1.54) is 34.9 Å². The first-order valence-electron chi connectivity index (χ1n) is 13.3. The molecule has 0 radical (unpaired) electrons. The molecular weight excluding hydrogens is 556 g/mol. The first-order valence-corrected chi connectivity index (χ1v) is 14.3. The topological polar surface area (TPSA) is 80.1 Å². The molecule has 210 valence electrons. The number of amides is 2. The molecule has 0 spiro atoms. The molecule has 0 aliphatic carbocycles. The van der Waals surface area contributed by atoms with Crippen LogP contribution in [-0.2, 0) is 16.1 Å². The molecule has 1 aliphatic heterocycles. The Hall–Kier alpha value is -4.83. The van der Waals surface area contributed by atoms with Gasteiger partial charge in [-0.1, -0.05) is 54.6 Å². The number of halogens is 2. The van der Waals surface area contributed by atoms with Crippen LogP contribution < -0.4 is 10.2 Å². The van der Waals surface area contributed by atoms with Gasteiger partial charge in [-0.05, 0) is 42.5 Å². The minimum atomic E-state index is -0.615. The number of hydrogen-bond acceptors (Lipinski definition) is 5. The SMILES string of the molecule is O=C(CN1C(=O)CS[C@@H](c2ccccc2F)c2c(-c3ccccc3)nn(-c3ccc(F)cc3)c21)NCc1ccccn1. The molecule has 0 fully saturated rings. The van der Waals surface area contributed by atoms with Crippen LogP contribution in [0.2, 0.25) is 0 Å². The van der Waals surface area contributed by atoms with Gasteiger partial charge in [0.2, 0.25) is 11.8 Å². The van der Waals surface area contributed by atoms with E-state index in [4.69, 9.17) is 5.10 Å². The maximum atomic E-state index is 15.3. The second kappa shape index (κ2) is 12.0. The van der Waals surface area contributed by atoms with Crippen molar-refractivity contribution in [3.8, 4) is 16.9 Å². The molecule has 0 saturated heterocycles. The first kappa shape index (κ1) is 27.3. The van der Waals surface area contributed by atoms with Crippen molar-refractivity contribution >= 4 is 29.4 Å². The molecule has 3 heterocycles. The predicted molar refractivity (Wildman–Crippen MR) is 158 cm³/mol. The second-order valence-electron chi connectivity index (χ2n) is 9.63. The van der Waals surface area contributed by atoms with Crippen LogP contribution in [0.5, 0.6) is 0 Å². The summed E-state index contributed by atoms with van der Waals surface area (Å²) in [7, 11) is 0. The lowest BCUT2D eigenvalue weighted by molar-refractivity contribution is -0.123. The van der Waals surface area contributed by atoms with E-state index in [1.54, 1.807) is 53.3 Å². The number of carbonyl (C=O) groups excluding carboxylic acids is 2. The number of benzene rings is 3. The van der Waals surface area contributed by atoms with Crippen LogP contribution in [0.1, 0.15) is 22.1 Å². The predicted octanol–water partition coefficient (Wildman–Crippen LogP) is 5.70. The lowest BCUT2D eigenvalue weighted by Gasteiger charge is -2.23. The molecule has 2 aromatic heterocycles. The molecule has 0 saturated carbocycles. The Balaban J connectivity index is 1.52. The number of nitrogens with zero attached hydrogens (tertiary/aromatic N) is 4. The average molecular weight is 582 g/mol. The van der Waals surface area contributed by atoms with Crippen LogP contribution in [0.4, 0.5) is 14.6 Å². The average Bonchev–Trinajstić information content (AvgIpc) is 3.34. The Bertz CT molecular complexity index is 1730. The Morgan fingerprint density at radius 2 is 1.67 bits per heavy atom. The highest BCUT2D eigenvalue weighted by Crippen LogP contribution is 2.49. The van der Waals surface area contributed by atoms with Crippen molar-refractivity contribution in [3.05, 3.63) is 132 Å². The van der Waals surface area contributed by atoms with Gasteiger partial charge in [0.1, 0.15) is 24.0 Å². The highest BCUT2D eigenvalue weighted by atomic mass is 32.2. The van der Waals surface area contributed by atoms with Crippen LogP contribution >= 0.6 is 11.8 Å². The van der Waals surface area contributed by atoms with Gasteiger partial charge in [0.25, 0.3) is 0 Å². The number of hydrogen-bond donors (Lipinski definition) is 1. The molecule has 7 nitrogen and oxygen atoms in total. The summed E-state index contributed by atoms with van der Waals surface area (Å²) in [6.07, 6.45) is 1.64. The van der Waals surface area contributed by atoms with Crippen molar-refractivity contribution in [2.45, 2.75) is 11.8 Å². The largest absolute Gasteiger partial charge is 0.349 e.